The number of phosphoric ester groups is 1. The molecule has 2 fully saturated rings. The molecule has 2 aliphatic rings. The third-order valence-electron chi connectivity index (χ3n) is 12.6. The van der Waals surface area contributed by atoms with Gasteiger partial charge in [-0.05, 0) is 66.6 Å². The molecular formula is C46H51Cl2N12O17P2-. The highest BCUT2D eigenvalue weighted by molar-refractivity contribution is 7.49. The van der Waals surface area contributed by atoms with Crippen molar-refractivity contribution >= 4 is 83.9 Å². The van der Waals surface area contributed by atoms with E-state index in [-0.39, 0.29) is 67.1 Å². The van der Waals surface area contributed by atoms with Gasteiger partial charge in [0.05, 0.1) is 21.0 Å². The number of fused-ring (bicyclic) bond motifs is 3. The molecule has 2 aliphatic heterocycles. The summed E-state index contributed by atoms with van der Waals surface area (Å²) in [5.41, 5.74) is 12.6. The van der Waals surface area contributed by atoms with Crippen molar-refractivity contribution in [2.45, 2.75) is 68.6 Å². The van der Waals surface area contributed by atoms with E-state index < -0.39 is 89.0 Å². The molecule has 8 aromatic rings. The first-order chi connectivity index (χ1) is 37.6. The largest absolute Gasteiger partial charge is 0.790 e. The standard InChI is InChI=1S/C28H31ClN7O8P.C18H21ClN5O9P/c29-17-5-7-18(8-6-17)42-12-11-35-15-36(25-22(35)26(39)34-28(30)33-25)27-24(38)23(37)21(44-27)14-43-45(40,41)32-10-9-16-13-31-20-4-2-1-3-19(16)20;19-9-1-3-10(4-2-9)31-6-5-23-8-24(15-12(23)16(27)22-18(20)21-15)17-14(26)13(25)11(33-17)7-32-34(28,29)30/h1-8,13,15,21,23-24,27,31,37-38H,9-12,14H2,(H4-,30,32,33,34,39,40,41);1-4,8,11,13-14,17,25-26H,5-7H2,(H4-,20,21,22,27,28,29,30)/p-1/t21-,23?,24+,27-;11-,13?,14+,17-/m11/s1. The Balaban J connectivity index is 0.000000199. The van der Waals surface area contributed by atoms with Gasteiger partial charge in [-0.2, -0.15) is 0 Å². The minimum atomic E-state index is -5.32. The Kier molecular flexibility index (Phi) is 17.5. The van der Waals surface area contributed by atoms with Crippen molar-refractivity contribution in [2.24, 2.45) is 0 Å². The third kappa shape index (κ3) is 13.5. The normalized spacial score (nSPS) is 22.1. The van der Waals surface area contributed by atoms with Crippen LogP contribution in [0.5, 0.6) is 11.5 Å². The number of hydrogen-bond donors (Lipinski definition) is 10. The molecule has 12 N–H and O–H groups in total. The summed E-state index contributed by atoms with van der Waals surface area (Å²) in [5.74, 6) is 0.756. The monoisotopic (exact) mass is 1180 g/mol. The van der Waals surface area contributed by atoms with Gasteiger partial charge in [0.15, 0.2) is 12.7 Å². The van der Waals surface area contributed by atoms with Crippen LogP contribution in [0.25, 0.3) is 33.2 Å². The number of anilines is 2. The molecule has 0 aliphatic carbocycles. The van der Waals surface area contributed by atoms with E-state index >= 15 is 0 Å². The molecule has 29 nitrogen and oxygen atoms in total. The van der Waals surface area contributed by atoms with Crippen molar-refractivity contribution in [3.63, 3.8) is 0 Å². The van der Waals surface area contributed by atoms with Gasteiger partial charge < -0.3 is 84.1 Å². The molecule has 0 radical (unpaired) electrons. The highest BCUT2D eigenvalue weighted by Crippen LogP contribution is 2.36. The number of aliphatic hydroxyl groups is 4. The first kappa shape index (κ1) is 57.3. The maximum Gasteiger partial charge on any atom is 0.313 e. The number of aromatic nitrogens is 9. The number of nitrogens with zero attached hydrogens (tertiary/aromatic N) is 6. The number of imidazole rings is 2. The summed E-state index contributed by atoms with van der Waals surface area (Å²) in [4.78, 5) is 75.9. The maximum absolute atomic E-state index is 12.9. The number of rotatable bonds is 20. The van der Waals surface area contributed by atoms with Crippen LogP contribution in [0, 0.1) is 0 Å². The van der Waals surface area contributed by atoms with Gasteiger partial charge in [-0.1, -0.05) is 51.4 Å². The molecule has 0 spiro atoms. The maximum atomic E-state index is 12.9. The third-order valence-corrected chi connectivity index (χ3v) is 14.7. The summed E-state index contributed by atoms with van der Waals surface area (Å²) in [6.07, 6.45) is -6.15. The molecule has 2 saturated heterocycles. The molecule has 0 amide bonds. The summed E-state index contributed by atoms with van der Waals surface area (Å²) in [7, 11) is -9.86. The molecule has 0 saturated carbocycles. The Morgan fingerprint density at radius 3 is 1.65 bits per heavy atom. The van der Waals surface area contributed by atoms with Crippen LogP contribution in [0.2, 0.25) is 10.0 Å². The molecule has 9 atom stereocenters. The van der Waals surface area contributed by atoms with E-state index in [0.29, 0.717) is 28.0 Å². The van der Waals surface area contributed by atoms with Crippen LogP contribution in [0.1, 0.15) is 18.0 Å². The Labute approximate surface area is 455 Å². The number of aromatic amines is 3. The summed E-state index contributed by atoms with van der Waals surface area (Å²) in [6.45, 7) is -0.612. The van der Waals surface area contributed by atoms with Crippen molar-refractivity contribution < 1.29 is 81.4 Å². The minimum Gasteiger partial charge on any atom is -0.790 e. The van der Waals surface area contributed by atoms with Gasteiger partial charge in [0.1, 0.15) is 74.4 Å². The average molecular weight is 1180 g/mol. The second-order valence-corrected chi connectivity index (χ2v) is 21.5. The number of H-pyrrole nitrogens is 3. The quantitative estimate of drug-likeness (QED) is 0.0308. The average Bonchev–Trinajstić information content (AvgIpc) is 4.39. The Morgan fingerprint density at radius 1 is 0.696 bits per heavy atom. The zero-order chi connectivity index (χ0) is 56.3. The topological polar surface area (TPSA) is 429 Å². The molecule has 10 rings (SSSR count). The molecule has 3 aromatic carbocycles. The molecule has 3 unspecified atom stereocenters. The van der Waals surface area contributed by atoms with Gasteiger partial charge in [0.2, 0.25) is 31.2 Å². The number of halogens is 2. The van der Waals surface area contributed by atoms with Crippen molar-refractivity contribution in [1.29, 1.82) is 0 Å². The van der Waals surface area contributed by atoms with Crippen LogP contribution >= 0.6 is 38.8 Å². The predicted octanol–water partition coefficient (Wildman–Crippen LogP) is -1.46. The lowest BCUT2D eigenvalue weighted by atomic mass is 10.1. The second-order valence-electron chi connectivity index (χ2n) is 17.9. The lowest BCUT2D eigenvalue weighted by molar-refractivity contribution is -0.746. The number of nitrogen functional groups attached to an aromatic ring is 2. The Bertz CT molecular complexity index is 3650. The molecule has 422 valence electrons. The van der Waals surface area contributed by atoms with Gasteiger partial charge in [0.25, 0.3) is 23.0 Å². The zero-order valence-corrected chi connectivity index (χ0v) is 44.3. The SMILES string of the molecule is Nc1nc2c(c(=O)[nH]1)n(CCOc1ccc(Cl)cc1)c[n+]2[C@@H]1O[C@H](COP(=O)([O-])NCCc2c[nH]c3ccccc23)C(O)[C@@H]1O.Nc1nc2c(c(=O)[nH]1)n(CCOc1ccc(Cl)cc1)c[n+]2[C@@H]1O[C@H](COP(=O)([O-])[O-])C(O)[C@@H]1O. The van der Waals surface area contributed by atoms with Crippen LogP contribution in [-0.2, 0) is 47.2 Å². The van der Waals surface area contributed by atoms with E-state index in [1.807, 2.05) is 30.5 Å². The molecule has 7 heterocycles. The van der Waals surface area contributed by atoms with E-state index in [1.165, 1.54) is 26.4 Å². The smallest absolute Gasteiger partial charge is 0.313 e. The van der Waals surface area contributed by atoms with E-state index in [0.717, 1.165) is 16.5 Å². The molecule has 0 bridgehead atoms. The predicted molar refractivity (Wildman–Crippen MR) is 273 cm³/mol. The number of phosphoric acid groups is 1. The molecule has 33 heteroatoms. The fourth-order valence-electron chi connectivity index (χ4n) is 8.89. The van der Waals surface area contributed by atoms with E-state index in [2.05, 4.69) is 34.5 Å². The molecular weight excluding hydrogens is 1130 g/mol. The van der Waals surface area contributed by atoms with Crippen LogP contribution in [0.4, 0.5) is 11.9 Å². The Hall–Kier alpha value is -6.34. The first-order valence-electron chi connectivity index (χ1n) is 23.9. The fraction of sp³-hybridized carbons (Fsp3) is 0.348. The lowest BCUT2D eigenvalue weighted by Gasteiger charge is -2.30. The van der Waals surface area contributed by atoms with Crippen molar-refractivity contribution in [3.8, 4) is 11.5 Å². The summed E-state index contributed by atoms with van der Waals surface area (Å²) in [5, 5.41) is 46.9. The van der Waals surface area contributed by atoms with Crippen LogP contribution in [0.15, 0.2) is 101 Å². The number of ether oxygens (including phenoxy) is 4. The van der Waals surface area contributed by atoms with E-state index in [9.17, 15) is 53.8 Å². The molecule has 79 heavy (non-hydrogen) atoms. The minimum absolute atomic E-state index is 0.0314. The number of hydrogen-bond acceptors (Lipinski definition) is 21. The summed E-state index contributed by atoms with van der Waals surface area (Å²) < 4.78 is 61.1. The van der Waals surface area contributed by atoms with Gasteiger partial charge >= 0.3 is 11.3 Å². The number of nitrogens with two attached hydrogens (primary N) is 2. The lowest BCUT2D eigenvalue weighted by Crippen LogP contribution is -2.46. The highest BCUT2D eigenvalue weighted by atomic mass is 35.5. The van der Waals surface area contributed by atoms with Crippen LogP contribution in [-0.4, -0.2) is 124 Å². The van der Waals surface area contributed by atoms with E-state index in [4.69, 9.17) is 58.1 Å². The molecule has 5 aromatic heterocycles. The highest BCUT2D eigenvalue weighted by Gasteiger charge is 2.49. The van der Waals surface area contributed by atoms with Crippen LogP contribution < -0.4 is 61.0 Å². The summed E-state index contributed by atoms with van der Waals surface area (Å²) >= 11 is 11.8. The second kappa shape index (κ2) is 24.2. The first-order valence-corrected chi connectivity index (χ1v) is 27.7. The number of para-hydroxylation sites is 1. The zero-order valence-electron chi connectivity index (χ0n) is 41.0. The van der Waals surface area contributed by atoms with Gasteiger partial charge in [-0.3, -0.25) is 38.3 Å². The number of aliphatic hydroxyl groups excluding tert-OH is 4. The summed E-state index contributed by atoms with van der Waals surface area (Å²) in [6, 6.07) is 21.2. The van der Waals surface area contributed by atoms with Gasteiger partial charge in [0, 0.05) is 33.7 Å². The van der Waals surface area contributed by atoms with Crippen molar-refractivity contribution in [1.82, 2.24) is 39.1 Å². The van der Waals surface area contributed by atoms with Gasteiger partial charge in [-0.25, -0.2) is 9.13 Å². The fourth-order valence-corrected chi connectivity index (χ4v) is 10.3. The van der Waals surface area contributed by atoms with Gasteiger partial charge in [-0.15, -0.1) is 0 Å². The van der Waals surface area contributed by atoms with E-state index in [1.54, 1.807) is 53.1 Å². The number of nitrogens with one attached hydrogen (secondary N) is 4. The van der Waals surface area contributed by atoms with Crippen molar-refractivity contribution in [3.05, 3.63) is 128 Å². The van der Waals surface area contributed by atoms with Crippen LogP contribution in [0.3, 0.4) is 0 Å². The number of benzene rings is 3. The van der Waals surface area contributed by atoms with Crippen molar-refractivity contribution in [2.75, 3.05) is 44.4 Å². The Morgan fingerprint density at radius 2 is 1.16 bits per heavy atom.